The third-order valence-electron chi connectivity index (χ3n) is 2.39. The molecule has 2 rings (SSSR count). The van der Waals surface area contributed by atoms with Crippen molar-refractivity contribution in [2.45, 2.75) is 6.42 Å². The molecule has 0 amide bonds. The molecule has 0 spiro atoms. The molecule has 86 valence electrons. The van der Waals surface area contributed by atoms with Crippen LogP contribution in [0.25, 0.3) is 11.1 Å². The van der Waals surface area contributed by atoms with Crippen molar-refractivity contribution >= 4 is 11.1 Å². The average molecular weight is 221 g/mol. The third kappa shape index (κ3) is 2.50. The summed E-state index contributed by atoms with van der Waals surface area (Å²) in [5, 5.41) is 3.22. The molecule has 0 atom stereocenters. The number of benzene rings is 1. The minimum absolute atomic E-state index is 0.409. The lowest BCUT2D eigenvalue weighted by atomic mass is 10.1. The van der Waals surface area contributed by atoms with Crippen molar-refractivity contribution in [3.8, 4) is 0 Å². The summed E-state index contributed by atoms with van der Waals surface area (Å²) in [6.45, 7) is 2.35. The minimum Gasteiger partial charge on any atom is -0.408 e. The zero-order chi connectivity index (χ0) is 11.4. The maximum Gasteiger partial charge on any atom is 0.417 e. The molecule has 0 radical (unpaired) electrons. The molecular weight excluding hydrogens is 206 g/mol. The van der Waals surface area contributed by atoms with Crippen LogP contribution in [0, 0.1) is 0 Å². The van der Waals surface area contributed by atoms with Crippen molar-refractivity contribution in [2.75, 3.05) is 19.6 Å². The molecule has 0 aliphatic rings. The number of hydrogen-bond acceptors (Lipinski definition) is 4. The fourth-order valence-electron chi connectivity index (χ4n) is 1.61. The van der Waals surface area contributed by atoms with Gasteiger partial charge >= 0.3 is 5.76 Å². The van der Waals surface area contributed by atoms with Crippen LogP contribution in [-0.4, -0.2) is 24.6 Å². The zero-order valence-corrected chi connectivity index (χ0v) is 8.95. The van der Waals surface area contributed by atoms with E-state index in [1.807, 2.05) is 18.2 Å². The van der Waals surface area contributed by atoms with Gasteiger partial charge in [-0.3, -0.25) is 4.98 Å². The van der Waals surface area contributed by atoms with Crippen LogP contribution in [0.4, 0.5) is 0 Å². The molecule has 0 unspecified atom stereocenters. The van der Waals surface area contributed by atoms with E-state index in [2.05, 4.69) is 10.3 Å². The number of aromatic nitrogens is 1. The van der Waals surface area contributed by atoms with Crippen molar-refractivity contribution < 1.29 is 4.42 Å². The summed E-state index contributed by atoms with van der Waals surface area (Å²) in [6.07, 6.45) is 0.906. The Kier molecular flexibility index (Phi) is 3.38. The Balaban J connectivity index is 2.04. The Morgan fingerprint density at radius 1 is 1.38 bits per heavy atom. The summed E-state index contributed by atoms with van der Waals surface area (Å²) in [5.41, 5.74) is 7.88. The van der Waals surface area contributed by atoms with Gasteiger partial charge in [0.1, 0.15) is 0 Å². The van der Waals surface area contributed by atoms with Crippen LogP contribution >= 0.6 is 0 Å². The molecule has 0 aliphatic carbocycles. The standard InChI is InChI=1S/C11H15N3O2/c12-4-6-13-5-3-8-1-2-10-9(7-8)14-11(15)16-10/h1-2,7,13H,3-6,12H2,(H,14,15). The fraction of sp³-hybridized carbons (Fsp3) is 0.364. The molecule has 16 heavy (non-hydrogen) atoms. The second kappa shape index (κ2) is 4.96. The predicted molar refractivity (Wildman–Crippen MR) is 62.5 cm³/mol. The minimum atomic E-state index is -0.409. The van der Waals surface area contributed by atoms with Gasteiger partial charge in [0.25, 0.3) is 0 Å². The first kappa shape index (κ1) is 10.9. The second-order valence-corrected chi connectivity index (χ2v) is 3.63. The van der Waals surface area contributed by atoms with Crippen molar-refractivity contribution in [1.82, 2.24) is 10.3 Å². The number of oxazole rings is 1. The molecule has 0 bridgehead atoms. The van der Waals surface area contributed by atoms with Crippen LogP contribution in [0.5, 0.6) is 0 Å². The number of rotatable bonds is 5. The number of nitrogens with one attached hydrogen (secondary N) is 2. The van der Waals surface area contributed by atoms with Crippen molar-refractivity contribution in [3.63, 3.8) is 0 Å². The fourth-order valence-corrected chi connectivity index (χ4v) is 1.61. The Bertz CT molecular complexity index is 515. The molecule has 1 aromatic carbocycles. The molecular formula is C11H15N3O2. The Morgan fingerprint density at radius 3 is 3.06 bits per heavy atom. The summed E-state index contributed by atoms with van der Waals surface area (Å²) in [6, 6.07) is 5.71. The first-order chi connectivity index (χ1) is 7.79. The Morgan fingerprint density at radius 2 is 2.25 bits per heavy atom. The Labute approximate surface area is 92.6 Å². The topological polar surface area (TPSA) is 84.0 Å². The third-order valence-corrected chi connectivity index (χ3v) is 2.39. The van der Waals surface area contributed by atoms with Gasteiger partial charge in [-0.1, -0.05) is 6.07 Å². The predicted octanol–water partition coefficient (Wildman–Crippen LogP) is 0.212. The molecule has 0 fully saturated rings. The van der Waals surface area contributed by atoms with E-state index in [0.29, 0.717) is 12.1 Å². The van der Waals surface area contributed by atoms with Gasteiger partial charge in [0.2, 0.25) is 0 Å². The number of aromatic amines is 1. The van der Waals surface area contributed by atoms with E-state index in [-0.39, 0.29) is 0 Å². The molecule has 2 aromatic rings. The highest BCUT2D eigenvalue weighted by Crippen LogP contribution is 2.12. The Hall–Kier alpha value is -1.59. The van der Waals surface area contributed by atoms with E-state index < -0.39 is 5.76 Å². The van der Waals surface area contributed by atoms with E-state index in [1.165, 1.54) is 0 Å². The first-order valence-corrected chi connectivity index (χ1v) is 5.32. The average Bonchev–Trinajstić information content (AvgIpc) is 2.64. The maximum absolute atomic E-state index is 11.0. The molecule has 0 saturated heterocycles. The van der Waals surface area contributed by atoms with Crippen LogP contribution in [-0.2, 0) is 6.42 Å². The number of nitrogens with two attached hydrogens (primary N) is 1. The quantitative estimate of drug-likeness (QED) is 0.630. The van der Waals surface area contributed by atoms with Crippen LogP contribution < -0.4 is 16.8 Å². The van der Waals surface area contributed by atoms with Crippen molar-refractivity contribution in [1.29, 1.82) is 0 Å². The van der Waals surface area contributed by atoms with Crippen LogP contribution in [0.1, 0.15) is 5.56 Å². The highest BCUT2D eigenvalue weighted by molar-refractivity contribution is 5.72. The van der Waals surface area contributed by atoms with E-state index in [1.54, 1.807) is 0 Å². The van der Waals surface area contributed by atoms with Gasteiger partial charge in [0.15, 0.2) is 5.58 Å². The van der Waals surface area contributed by atoms with Crippen LogP contribution in [0.3, 0.4) is 0 Å². The highest BCUT2D eigenvalue weighted by Gasteiger charge is 2.01. The van der Waals surface area contributed by atoms with Gasteiger partial charge in [-0.05, 0) is 30.7 Å². The van der Waals surface area contributed by atoms with Gasteiger partial charge in [-0.25, -0.2) is 4.79 Å². The summed E-state index contributed by atoms with van der Waals surface area (Å²) in [4.78, 5) is 13.6. The second-order valence-electron chi connectivity index (χ2n) is 3.63. The normalized spacial score (nSPS) is 11.1. The molecule has 0 aliphatic heterocycles. The lowest BCUT2D eigenvalue weighted by Crippen LogP contribution is -2.24. The molecule has 4 N–H and O–H groups in total. The van der Waals surface area contributed by atoms with Crippen molar-refractivity contribution in [2.24, 2.45) is 5.73 Å². The lowest BCUT2D eigenvalue weighted by molar-refractivity contribution is 0.555. The van der Waals surface area contributed by atoms with E-state index in [0.717, 1.165) is 30.6 Å². The molecule has 1 heterocycles. The highest BCUT2D eigenvalue weighted by atomic mass is 16.4. The van der Waals surface area contributed by atoms with Gasteiger partial charge in [-0.2, -0.15) is 0 Å². The largest absolute Gasteiger partial charge is 0.417 e. The van der Waals surface area contributed by atoms with E-state index in [9.17, 15) is 4.79 Å². The van der Waals surface area contributed by atoms with Gasteiger partial charge in [0, 0.05) is 13.1 Å². The van der Waals surface area contributed by atoms with Crippen LogP contribution in [0.2, 0.25) is 0 Å². The van der Waals surface area contributed by atoms with Crippen LogP contribution in [0.15, 0.2) is 27.4 Å². The summed E-state index contributed by atoms with van der Waals surface area (Å²) in [5.74, 6) is -0.409. The summed E-state index contributed by atoms with van der Waals surface area (Å²) >= 11 is 0. The molecule has 1 aromatic heterocycles. The SMILES string of the molecule is NCCNCCc1ccc2oc(=O)[nH]c2c1. The number of H-pyrrole nitrogens is 1. The van der Waals surface area contributed by atoms with Gasteiger partial charge < -0.3 is 15.5 Å². The maximum atomic E-state index is 11.0. The number of fused-ring (bicyclic) bond motifs is 1. The smallest absolute Gasteiger partial charge is 0.408 e. The zero-order valence-electron chi connectivity index (χ0n) is 8.95. The van der Waals surface area contributed by atoms with E-state index in [4.69, 9.17) is 10.2 Å². The summed E-state index contributed by atoms with van der Waals surface area (Å²) < 4.78 is 4.92. The number of hydrogen-bond donors (Lipinski definition) is 3. The first-order valence-electron chi connectivity index (χ1n) is 5.32. The van der Waals surface area contributed by atoms with Gasteiger partial charge in [0.05, 0.1) is 5.52 Å². The monoisotopic (exact) mass is 221 g/mol. The van der Waals surface area contributed by atoms with E-state index >= 15 is 0 Å². The molecule has 0 saturated carbocycles. The van der Waals surface area contributed by atoms with Gasteiger partial charge in [-0.15, -0.1) is 0 Å². The lowest BCUT2D eigenvalue weighted by Gasteiger charge is -2.02. The molecule has 5 nitrogen and oxygen atoms in total. The summed E-state index contributed by atoms with van der Waals surface area (Å²) in [7, 11) is 0. The van der Waals surface area contributed by atoms with Crippen molar-refractivity contribution in [3.05, 3.63) is 34.3 Å². The molecule has 5 heteroatoms.